The third kappa shape index (κ3) is 4.53. The van der Waals surface area contributed by atoms with Crippen LogP contribution in [0.2, 0.25) is 0 Å². The fourth-order valence-corrected chi connectivity index (χ4v) is 0.528. The Bertz CT molecular complexity index is 108. The molecule has 0 spiro atoms. The van der Waals surface area contributed by atoms with Gasteiger partial charge in [-0.1, -0.05) is 11.6 Å². The zero-order valence-electron chi connectivity index (χ0n) is 6.92. The van der Waals surface area contributed by atoms with E-state index in [4.69, 9.17) is 9.84 Å². The Morgan fingerprint density at radius 2 is 2.30 bits per heavy atom. The van der Waals surface area contributed by atoms with E-state index in [1.165, 1.54) is 0 Å². The average molecular weight is 144 g/mol. The van der Waals surface area contributed by atoms with E-state index in [0.29, 0.717) is 0 Å². The van der Waals surface area contributed by atoms with Crippen LogP contribution < -0.4 is 0 Å². The van der Waals surface area contributed by atoms with Crippen LogP contribution in [-0.4, -0.2) is 24.9 Å². The molecule has 60 valence electrons. The Morgan fingerprint density at radius 1 is 1.70 bits per heavy atom. The summed E-state index contributed by atoms with van der Waals surface area (Å²) in [5, 5.41) is 8.61. The van der Waals surface area contributed by atoms with Gasteiger partial charge in [0.15, 0.2) is 0 Å². The van der Waals surface area contributed by atoms with Crippen molar-refractivity contribution in [2.75, 3.05) is 13.7 Å². The molecule has 0 radical (unpaired) electrons. The summed E-state index contributed by atoms with van der Waals surface area (Å²) in [6, 6.07) is 0. The van der Waals surface area contributed by atoms with Gasteiger partial charge < -0.3 is 9.84 Å². The van der Waals surface area contributed by atoms with Crippen LogP contribution in [0, 0.1) is 0 Å². The molecule has 0 saturated carbocycles. The summed E-state index contributed by atoms with van der Waals surface area (Å²) in [5.41, 5.74) is 1.00. The highest BCUT2D eigenvalue weighted by Gasteiger charge is 1.94. The zero-order chi connectivity index (χ0) is 7.98. The van der Waals surface area contributed by atoms with Gasteiger partial charge in [-0.2, -0.15) is 0 Å². The van der Waals surface area contributed by atoms with E-state index in [0.717, 1.165) is 12.0 Å². The van der Waals surface area contributed by atoms with Gasteiger partial charge in [-0.05, 0) is 20.3 Å². The summed E-state index contributed by atoms with van der Waals surface area (Å²) in [4.78, 5) is 0. The summed E-state index contributed by atoms with van der Waals surface area (Å²) in [5.74, 6) is 0. The molecule has 0 aromatic carbocycles. The van der Waals surface area contributed by atoms with Crippen molar-refractivity contribution in [3.63, 3.8) is 0 Å². The minimum absolute atomic E-state index is 0.149. The Labute approximate surface area is 62.5 Å². The molecule has 0 fully saturated rings. The summed E-state index contributed by atoms with van der Waals surface area (Å²) in [6.45, 7) is 4.06. The van der Waals surface area contributed by atoms with E-state index < -0.39 is 0 Å². The number of hydrogen-bond acceptors (Lipinski definition) is 2. The van der Waals surface area contributed by atoms with E-state index in [1.54, 1.807) is 7.11 Å². The lowest BCUT2D eigenvalue weighted by Gasteiger charge is -2.05. The minimum Gasteiger partial charge on any atom is -0.392 e. The molecule has 0 aromatic rings. The van der Waals surface area contributed by atoms with Gasteiger partial charge in [0.25, 0.3) is 0 Å². The molecule has 0 aromatic heterocycles. The largest absolute Gasteiger partial charge is 0.392 e. The van der Waals surface area contributed by atoms with E-state index in [9.17, 15) is 0 Å². The van der Waals surface area contributed by atoms with Gasteiger partial charge in [0.1, 0.15) is 0 Å². The van der Waals surface area contributed by atoms with Crippen LogP contribution in [-0.2, 0) is 4.74 Å². The highest BCUT2D eigenvalue weighted by Crippen LogP contribution is 2.00. The van der Waals surface area contributed by atoms with Gasteiger partial charge in [-0.15, -0.1) is 0 Å². The van der Waals surface area contributed by atoms with Crippen molar-refractivity contribution in [3.05, 3.63) is 11.6 Å². The van der Waals surface area contributed by atoms with Crippen LogP contribution in [0.5, 0.6) is 0 Å². The summed E-state index contributed by atoms with van der Waals surface area (Å²) in [6.07, 6.45) is 3.12. The lowest BCUT2D eigenvalue weighted by molar-refractivity contribution is 0.120. The van der Waals surface area contributed by atoms with Crippen LogP contribution in [0.25, 0.3) is 0 Å². The minimum atomic E-state index is 0.149. The molecule has 2 heteroatoms. The van der Waals surface area contributed by atoms with Gasteiger partial charge in [0.05, 0.1) is 12.7 Å². The van der Waals surface area contributed by atoms with Crippen molar-refractivity contribution in [1.82, 2.24) is 0 Å². The Hall–Kier alpha value is -0.340. The molecule has 0 aliphatic heterocycles. The van der Waals surface area contributed by atoms with Crippen LogP contribution in [0.3, 0.4) is 0 Å². The van der Waals surface area contributed by atoms with Gasteiger partial charge in [0, 0.05) is 7.11 Å². The monoisotopic (exact) mass is 144 g/mol. The molecule has 1 unspecified atom stereocenters. The first-order valence-electron chi connectivity index (χ1n) is 3.50. The Kier molecular flexibility index (Phi) is 5.26. The van der Waals surface area contributed by atoms with Crippen molar-refractivity contribution < 1.29 is 9.84 Å². The van der Waals surface area contributed by atoms with Crippen LogP contribution in [0.4, 0.5) is 0 Å². The fourth-order valence-electron chi connectivity index (χ4n) is 0.528. The van der Waals surface area contributed by atoms with E-state index in [2.05, 4.69) is 0 Å². The number of ether oxygens (including phenoxy) is 1. The summed E-state index contributed by atoms with van der Waals surface area (Å²) >= 11 is 0. The smallest absolute Gasteiger partial charge is 0.0639 e. The van der Waals surface area contributed by atoms with Crippen molar-refractivity contribution >= 4 is 0 Å². The van der Waals surface area contributed by atoms with Crippen LogP contribution in [0.1, 0.15) is 20.3 Å². The van der Waals surface area contributed by atoms with E-state index >= 15 is 0 Å². The van der Waals surface area contributed by atoms with Crippen LogP contribution in [0.15, 0.2) is 11.6 Å². The van der Waals surface area contributed by atoms with Gasteiger partial charge in [0.2, 0.25) is 0 Å². The van der Waals surface area contributed by atoms with Crippen LogP contribution >= 0.6 is 0 Å². The molecular formula is C8H16O2. The van der Waals surface area contributed by atoms with Crippen molar-refractivity contribution in [3.8, 4) is 0 Å². The maximum atomic E-state index is 8.61. The molecule has 0 heterocycles. The normalized spacial score (nSPS) is 15.4. The Balaban J connectivity index is 3.50. The average Bonchev–Trinajstić information content (AvgIpc) is 1.99. The van der Waals surface area contributed by atoms with Gasteiger partial charge in [-0.3, -0.25) is 0 Å². The van der Waals surface area contributed by atoms with E-state index in [1.807, 2.05) is 19.9 Å². The lowest BCUT2D eigenvalue weighted by Crippen LogP contribution is -2.02. The second-order valence-electron chi connectivity index (χ2n) is 2.49. The SMILES string of the molecule is COC(C)CC=C(C)CO. The van der Waals surface area contributed by atoms with Gasteiger partial charge >= 0.3 is 0 Å². The molecule has 0 aliphatic rings. The molecule has 1 atom stereocenters. The number of rotatable bonds is 4. The standard InChI is InChI=1S/C8H16O2/c1-7(6-9)4-5-8(2)10-3/h4,8-9H,5-6H2,1-3H3. The lowest BCUT2D eigenvalue weighted by atomic mass is 10.2. The number of aliphatic hydroxyl groups is 1. The number of aliphatic hydroxyl groups excluding tert-OH is 1. The predicted molar refractivity (Wildman–Crippen MR) is 41.9 cm³/mol. The topological polar surface area (TPSA) is 29.5 Å². The number of hydrogen-bond donors (Lipinski definition) is 1. The molecule has 0 bridgehead atoms. The molecule has 10 heavy (non-hydrogen) atoms. The first kappa shape index (κ1) is 9.66. The summed E-state index contributed by atoms with van der Waals surface area (Å²) in [7, 11) is 1.69. The summed E-state index contributed by atoms with van der Waals surface area (Å²) < 4.78 is 5.02. The first-order valence-corrected chi connectivity index (χ1v) is 3.50. The van der Waals surface area contributed by atoms with Gasteiger partial charge in [-0.25, -0.2) is 0 Å². The van der Waals surface area contributed by atoms with E-state index in [-0.39, 0.29) is 12.7 Å². The predicted octanol–water partition coefficient (Wildman–Crippen LogP) is 1.35. The first-order chi connectivity index (χ1) is 4.70. The van der Waals surface area contributed by atoms with Crippen molar-refractivity contribution in [2.24, 2.45) is 0 Å². The van der Waals surface area contributed by atoms with Crippen molar-refractivity contribution in [1.29, 1.82) is 0 Å². The second kappa shape index (κ2) is 5.45. The molecule has 1 N–H and O–H groups in total. The maximum absolute atomic E-state index is 8.61. The molecular weight excluding hydrogens is 128 g/mol. The highest BCUT2D eigenvalue weighted by atomic mass is 16.5. The Morgan fingerprint density at radius 3 is 2.70 bits per heavy atom. The maximum Gasteiger partial charge on any atom is 0.0639 e. The molecule has 0 aliphatic carbocycles. The van der Waals surface area contributed by atoms with Crippen molar-refractivity contribution in [2.45, 2.75) is 26.4 Å². The molecule has 2 nitrogen and oxygen atoms in total. The molecule has 0 saturated heterocycles. The number of methoxy groups -OCH3 is 1. The zero-order valence-corrected chi connectivity index (χ0v) is 6.92. The quantitative estimate of drug-likeness (QED) is 0.603. The highest BCUT2D eigenvalue weighted by molar-refractivity contribution is 4.98. The molecule has 0 rings (SSSR count). The second-order valence-corrected chi connectivity index (χ2v) is 2.49. The third-order valence-electron chi connectivity index (χ3n) is 1.45. The fraction of sp³-hybridized carbons (Fsp3) is 0.750. The molecule has 0 amide bonds. The third-order valence-corrected chi connectivity index (χ3v) is 1.45.